The highest BCUT2D eigenvalue weighted by Crippen LogP contribution is 2.28. The Bertz CT molecular complexity index is 1010. The Morgan fingerprint density at radius 1 is 0.931 bits per heavy atom. The van der Waals surface area contributed by atoms with Crippen LogP contribution < -0.4 is 0 Å². The molecule has 156 valence electrons. The predicted octanol–water partition coefficient (Wildman–Crippen LogP) is 3.39. The molecule has 0 radical (unpaired) electrons. The van der Waals surface area contributed by atoms with E-state index in [1.54, 1.807) is 10.4 Å². The molecule has 0 spiro atoms. The Kier molecular flexibility index (Phi) is 5.69. The zero-order valence-corrected chi connectivity index (χ0v) is 18.1. The molecule has 0 saturated carbocycles. The summed E-state index contributed by atoms with van der Waals surface area (Å²) in [7, 11) is -3.46. The normalized spacial score (nSPS) is 18.6. The molecule has 2 aliphatic rings. The summed E-state index contributed by atoms with van der Waals surface area (Å²) in [6, 6.07) is 9.66. The van der Waals surface area contributed by atoms with Crippen molar-refractivity contribution in [2.45, 2.75) is 51.0 Å². The zero-order chi connectivity index (χ0) is 20.6. The molecule has 6 heteroatoms. The maximum Gasteiger partial charge on any atom is 0.243 e. The number of aromatic hydroxyl groups is 1. The summed E-state index contributed by atoms with van der Waals surface area (Å²) in [5, 5.41) is 10.3. The van der Waals surface area contributed by atoms with Crippen molar-refractivity contribution in [3.05, 3.63) is 58.1 Å². The Labute approximate surface area is 174 Å². The van der Waals surface area contributed by atoms with Crippen molar-refractivity contribution in [2.75, 3.05) is 26.2 Å². The molecule has 29 heavy (non-hydrogen) atoms. The van der Waals surface area contributed by atoms with E-state index in [0.717, 1.165) is 36.0 Å². The van der Waals surface area contributed by atoms with Gasteiger partial charge in [-0.15, -0.1) is 0 Å². The highest BCUT2D eigenvalue weighted by molar-refractivity contribution is 7.89. The van der Waals surface area contributed by atoms with Crippen molar-refractivity contribution in [3.8, 4) is 5.75 Å². The van der Waals surface area contributed by atoms with Gasteiger partial charge >= 0.3 is 0 Å². The number of benzene rings is 2. The molecule has 0 atom stereocenters. The molecule has 1 N–H and O–H groups in total. The van der Waals surface area contributed by atoms with Crippen LogP contribution in [0.1, 0.15) is 40.7 Å². The fourth-order valence-corrected chi connectivity index (χ4v) is 6.03. The minimum atomic E-state index is -3.46. The maximum atomic E-state index is 13.1. The summed E-state index contributed by atoms with van der Waals surface area (Å²) >= 11 is 0. The number of rotatable bonds is 4. The minimum Gasteiger partial charge on any atom is -0.507 e. The number of nitrogens with zero attached hydrogens (tertiary/aromatic N) is 2. The molecular weight excluding hydrogens is 384 g/mol. The lowest BCUT2D eigenvalue weighted by Crippen LogP contribution is -2.48. The molecule has 2 aromatic carbocycles. The van der Waals surface area contributed by atoms with E-state index in [0.29, 0.717) is 43.4 Å². The van der Waals surface area contributed by atoms with Gasteiger partial charge in [-0.25, -0.2) is 8.42 Å². The second-order valence-corrected chi connectivity index (χ2v) is 10.3. The van der Waals surface area contributed by atoms with Crippen LogP contribution in [0.2, 0.25) is 0 Å². The Morgan fingerprint density at radius 3 is 2.34 bits per heavy atom. The van der Waals surface area contributed by atoms with Crippen molar-refractivity contribution in [1.82, 2.24) is 9.21 Å². The first-order valence-electron chi connectivity index (χ1n) is 10.5. The summed E-state index contributed by atoms with van der Waals surface area (Å²) in [4.78, 5) is 2.64. The topological polar surface area (TPSA) is 60.9 Å². The number of piperazine rings is 1. The van der Waals surface area contributed by atoms with E-state index >= 15 is 0 Å². The second-order valence-electron chi connectivity index (χ2n) is 8.41. The zero-order valence-electron chi connectivity index (χ0n) is 17.3. The van der Waals surface area contributed by atoms with Gasteiger partial charge in [-0.3, -0.25) is 4.90 Å². The molecule has 1 fully saturated rings. The van der Waals surface area contributed by atoms with Gasteiger partial charge in [0.25, 0.3) is 0 Å². The highest BCUT2D eigenvalue weighted by atomic mass is 32.2. The molecule has 4 rings (SSSR count). The second kappa shape index (κ2) is 8.09. The molecule has 1 saturated heterocycles. The molecule has 0 aromatic heterocycles. The van der Waals surface area contributed by atoms with E-state index in [1.165, 1.54) is 17.5 Å². The van der Waals surface area contributed by atoms with E-state index in [1.807, 2.05) is 38.1 Å². The van der Waals surface area contributed by atoms with Crippen molar-refractivity contribution in [1.29, 1.82) is 0 Å². The third kappa shape index (κ3) is 4.20. The summed E-state index contributed by atoms with van der Waals surface area (Å²) < 4.78 is 27.9. The van der Waals surface area contributed by atoms with E-state index in [2.05, 4.69) is 4.90 Å². The van der Waals surface area contributed by atoms with E-state index in [4.69, 9.17) is 0 Å². The fourth-order valence-electron chi connectivity index (χ4n) is 4.56. The third-order valence-electron chi connectivity index (χ3n) is 6.21. The van der Waals surface area contributed by atoms with Crippen molar-refractivity contribution >= 4 is 10.0 Å². The molecule has 1 aliphatic heterocycles. The summed E-state index contributed by atoms with van der Waals surface area (Å²) in [6.45, 7) is 6.86. The minimum absolute atomic E-state index is 0.347. The summed E-state index contributed by atoms with van der Waals surface area (Å²) in [5.41, 5.74) is 5.42. The number of phenolic OH excluding ortho intramolecular Hbond substituents is 1. The lowest BCUT2D eigenvalue weighted by atomic mass is 9.92. The first kappa shape index (κ1) is 20.4. The van der Waals surface area contributed by atoms with Gasteiger partial charge in [-0.1, -0.05) is 23.8 Å². The fraction of sp³-hybridized carbons (Fsp3) is 0.478. The van der Waals surface area contributed by atoms with Crippen LogP contribution >= 0.6 is 0 Å². The van der Waals surface area contributed by atoms with Crippen LogP contribution in [0.25, 0.3) is 0 Å². The van der Waals surface area contributed by atoms with Gasteiger partial charge in [0, 0.05) is 38.3 Å². The smallest absolute Gasteiger partial charge is 0.243 e. The predicted molar refractivity (Wildman–Crippen MR) is 115 cm³/mol. The van der Waals surface area contributed by atoms with Crippen molar-refractivity contribution in [2.24, 2.45) is 0 Å². The lowest BCUT2D eigenvalue weighted by Gasteiger charge is -2.34. The van der Waals surface area contributed by atoms with Crippen LogP contribution in [0.3, 0.4) is 0 Å². The maximum absolute atomic E-state index is 13.1. The Morgan fingerprint density at radius 2 is 1.62 bits per heavy atom. The Hall–Kier alpha value is -1.89. The van der Waals surface area contributed by atoms with Crippen LogP contribution in [-0.4, -0.2) is 48.9 Å². The van der Waals surface area contributed by atoms with Gasteiger partial charge in [-0.2, -0.15) is 4.31 Å². The van der Waals surface area contributed by atoms with Gasteiger partial charge in [0.1, 0.15) is 5.75 Å². The van der Waals surface area contributed by atoms with Crippen molar-refractivity contribution < 1.29 is 13.5 Å². The van der Waals surface area contributed by atoms with Gasteiger partial charge in [-0.05, 0) is 68.4 Å². The average Bonchev–Trinajstić information content (AvgIpc) is 2.71. The third-order valence-corrected chi connectivity index (χ3v) is 8.10. The number of sulfonamides is 1. The molecule has 0 amide bonds. The Balaban J connectivity index is 1.44. The number of hydrogen-bond acceptors (Lipinski definition) is 4. The first-order chi connectivity index (χ1) is 13.8. The number of fused-ring (bicyclic) bond motifs is 1. The quantitative estimate of drug-likeness (QED) is 0.833. The lowest BCUT2D eigenvalue weighted by molar-refractivity contribution is 0.180. The van der Waals surface area contributed by atoms with Gasteiger partial charge in [0.05, 0.1) is 4.90 Å². The first-order valence-corrected chi connectivity index (χ1v) is 11.9. The molecule has 0 bridgehead atoms. The van der Waals surface area contributed by atoms with Crippen LogP contribution in [0.15, 0.2) is 35.2 Å². The van der Waals surface area contributed by atoms with Gasteiger partial charge in [0.2, 0.25) is 10.0 Å². The standard InChI is InChI=1S/C23H30N2O3S/c1-17-13-18(2)23(26)21(14-17)16-24-9-11-25(12-10-24)29(27,28)22-8-7-19-5-3-4-6-20(19)15-22/h7-8,13-15,26H,3-6,9-12,16H2,1-2H3. The molecule has 5 nitrogen and oxygen atoms in total. The van der Waals surface area contributed by atoms with Crippen molar-refractivity contribution in [3.63, 3.8) is 0 Å². The summed E-state index contributed by atoms with van der Waals surface area (Å²) in [5.74, 6) is 0.347. The van der Waals surface area contributed by atoms with Crippen LogP contribution in [-0.2, 0) is 29.4 Å². The average molecular weight is 415 g/mol. The summed E-state index contributed by atoms with van der Waals surface area (Å²) in [6.07, 6.45) is 4.36. The van der Waals surface area contributed by atoms with E-state index in [-0.39, 0.29) is 0 Å². The van der Waals surface area contributed by atoms with E-state index < -0.39 is 10.0 Å². The molecule has 1 heterocycles. The number of aryl methyl sites for hydroxylation is 4. The number of phenols is 1. The SMILES string of the molecule is Cc1cc(C)c(O)c(CN2CCN(S(=O)(=O)c3ccc4c(c3)CCCC4)CC2)c1. The van der Waals surface area contributed by atoms with Gasteiger partial charge in [0.15, 0.2) is 0 Å². The number of hydrogen-bond donors (Lipinski definition) is 1. The molecule has 1 aliphatic carbocycles. The molecular formula is C23H30N2O3S. The monoisotopic (exact) mass is 414 g/mol. The van der Waals surface area contributed by atoms with Gasteiger partial charge < -0.3 is 5.11 Å². The highest BCUT2D eigenvalue weighted by Gasteiger charge is 2.29. The molecule has 2 aromatic rings. The van der Waals surface area contributed by atoms with Crippen LogP contribution in [0, 0.1) is 13.8 Å². The van der Waals surface area contributed by atoms with Crippen LogP contribution in [0.5, 0.6) is 5.75 Å². The molecule has 0 unspecified atom stereocenters. The van der Waals surface area contributed by atoms with E-state index in [9.17, 15) is 13.5 Å². The largest absolute Gasteiger partial charge is 0.507 e. The van der Waals surface area contributed by atoms with Crippen LogP contribution in [0.4, 0.5) is 0 Å².